The van der Waals surface area contributed by atoms with Gasteiger partial charge in [0, 0.05) is 18.9 Å². The number of pyridine rings is 1. The van der Waals surface area contributed by atoms with Gasteiger partial charge in [-0.05, 0) is 36.2 Å². The van der Waals surface area contributed by atoms with Crippen LogP contribution in [0.15, 0.2) is 42.7 Å². The van der Waals surface area contributed by atoms with E-state index in [2.05, 4.69) is 4.98 Å². The molecular weight excluding hydrogens is 269 g/mol. The molecule has 3 rings (SSSR count). The number of hydrogen-bond acceptors (Lipinski definition) is 2. The number of rotatable bonds is 3. The Labute approximate surface area is 121 Å². The number of carbonyl (C=O) groups is 1. The summed E-state index contributed by atoms with van der Waals surface area (Å²) in [6, 6.07) is 8.66. The molecule has 2 aromatic heterocycles. The highest BCUT2D eigenvalue weighted by Crippen LogP contribution is 2.20. The molecule has 2 heterocycles. The summed E-state index contributed by atoms with van der Waals surface area (Å²) in [4.78, 5) is 15.7. The van der Waals surface area contributed by atoms with E-state index >= 15 is 0 Å². The van der Waals surface area contributed by atoms with Gasteiger partial charge in [0.05, 0.1) is 11.1 Å². The zero-order valence-electron chi connectivity index (χ0n) is 11.5. The maximum atomic E-state index is 13.3. The molecule has 3 aromatic rings. The SMILES string of the molecule is Cc1cc(Cn2cc(C(N)=O)c3ncccc32)ccc1F. The second kappa shape index (κ2) is 5.01. The number of amides is 1. The van der Waals surface area contributed by atoms with Crippen molar-refractivity contribution in [2.75, 3.05) is 0 Å². The van der Waals surface area contributed by atoms with Crippen LogP contribution in [-0.2, 0) is 6.54 Å². The quantitative estimate of drug-likeness (QED) is 0.803. The zero-order valence-corrected chi connectivity index (χ0v) is 11.5. The summed E-state index contributed by atoms with van der Waals surface area (Å²) in [7, 11) is 0. The fourth-order valence-corrected chi connectivity index (χ4v) is 2.44. The molecule has 5 heteroatoms. The van der Waals surface area contributed by atoms with E-state index in [9.17, 15) is 9.18 Å². The third-order valence-electron chi connectivity index (χ3n) is 3.48. The van der Waals surface area contributed by atoms with Gasteiger partial charge in [-0.25, -0.2) is 4.39 Å². The molecule has 106 valence electrons. The lowest BCUT2D eigenvalue weighted by molar-refractivity contribution is 0.100. The number of carbonyl (C=O) groups excluding carboxylic acids is 1. The van der Waals surface area contributed by atoms with Crippen LogP contribution in [0.4, 0.5) is 4.39 Å². The van der Waals surface area contributed by atoms with Gasteiger partial charge in [-0.2, -0.15) is 0 Å². The van der Waals surface area contributed by atoms with Gasteiger partial charge in [0.2, 0.25) is 0 Å². The van der Waals surface area contributed by atoms with Gasteiger partial charge < -0.3 is 10.3 Å². The minimum atomic E-state index is -0.507. The monoisotopic (exact) mass is 283 g/mol. The van der Waals surface area contributed by atoms with Crippen molar-refractivity contribution in [3.63, 3.8) is 0 Å². The molecule has 1 amide bonds. The number of aryl methyl sites for hydroxylation is 1. The Morgan fingerprint density at radius 2 is 2.19 bits per heavy atom. The molecule has 0 spiro atoms. The lowest BCUT2D eigenvalue weighted by Gasteiger charge is -2.06. The number of hydrogen-bond donors (Lipinski definition) is 1. The van der Waals surface area contributed by atoms with E-state index in [-0.39, 0.29) is 5.82 Å². The topological polar surface area (TPSA) is 60.9 Å². The highest BCUT2D eigenvalue weighted by atomic mass is 19.1. The van der Waals surface area contributed by atoms with Crippen LogP contribution in [0.3, 0.4) is 0 Å². The van der Waals surface area contributed by atoms with Crippen LogP contribution < -0.4 is 5.73 Å². The van der Waals surface area contributed by atoms with E-state index in [1.807, 2.05) is 10.6 Å². The summed E-state index contributed by atoms with van der Waals surface area (Å²) < 4.78 is 15.2. The van der Waals surface area contributed by atoms with E-state index in [1.165, 1.54) is 6.07 Å². The average molecular weight is 283 g/mol. The van der Waals surface area contributed by atoms with Gasteiger partial charge in [-0.3, -0.25) is 9.78 Å². The summed E-state index contributed by atoms with van der Waals surface area (Å²) in [6.07, 6.45) is 3.32. The number of primary amides is 1. The first-order chi connectivity index (χ1) is 10.1. The minimum absolute atomic E-state index is 0.226. The van der Waals surface area contributed by atoms with Crippen molar-refractivity contribution in [2.24, 2.45) is 5.73 Å². The molecule has 0 fully saturated rings. The first-order valence-corrected chi connectivity index (χ1v) is 6.55. The van der Waals surface area contributed by atoms with Gasteiger partial charge in [-0.1, -0.05) is 12.1 Å². The Morgan fingerprint density at radius 1 is 1.38 bits per heavy atom. The third-order valence-corrected chi connectivity index (χ3v) is 3.48. The Morgan fingerprint density at radius 3 is 2.90 bits per heavy atom. The van der Waals surface area contributed by atoms with Crippen molar-refractivity contribution in [3.8, 4) is 0 Å². The highest BCUT2D eigenvalue weighted by molar-refractivity contribution is 6.04. The van der Waals surface area contributed by atoms with Crippen LogP contribution >= 0.6 is 0 Å². The van der Waals surface area contributed by atoms with E-state index in [0.717, 1.165) is 11.1 Å². The summed E-state index contributed by atoms with van der Waals surface area (Å²) in [5.74, 6) is -0.733. The predicted molar refractivity (Wildman–Crippen MR) is 78.5 cm³/mol. The van der Waals surface area contributed by atoms with Crippen molar-refractivity contribution >= 4 is 16.9 Å². The summed E-state index contributed by atoms with van der Waals surface area (Å²) in [5, 5.41) is 0. The van der Waals surface area contributed by atoms with Crippen LogP contribution in [0.25, 0.3) is 11.0 Å². The molecule has 1 aromatic carbocycles. The number of nitrogens with two attached hydrogens (primary N) is 1. The largest absolute Gasteiger partial charge is 0.365 e. The van der Waals surface area contributed by atoms with Crippen LogP contribution in [-0.4, -0.2) is 15.5 Å². The number of aromatic nitrogens is 2. The van der Waals surface area contributed by atoms with E-state index in [1.54, 1.807) is 37.5 Å². The van der Waals surface area contributed by atoms with Crippen LogP contribution in [0.5, 0.6) is 0 Å². The fourth-order valence-electron chi connectivity index (χ4n) is 2.44. The smallest absolute Gasteiger partial charge is 0.252 e. The molecule has 0 aliphatic carbocycles. The first kappa shape index (κ1) is 13.3. The van der Waals surface area contributed by atoms with Crippen LogP contribution in [0.2, 0.25) is 0 Å². The summed E-state index contributed by atoms with van der Waals surface area (Å²) in [6.45, 7) is 2.25. The number of nitrogens with zero attached hydrogens (tertiary/aromatic N) is 2. The predicted octanol–water partition coefficient (Wildman–Crippen LogP) is 2.63. The number of fused-ring (bicyclic) bond motifs is 1. The van der Waals surface area contributed by atoms with Crippen molar-refractivity contribution < 1.29 is 9.18 Å². The van der Waals surface area contributed by atoms with Crippen molar-refractivity contribution in [3.05, 3.63) is 65.2 Å². The molecule has 0 radical (unpaired) electrons. The Bertz CT molecular complexity index is 839. The number of benzene rings is 1. The second-order valence-corrected chi connectivity index (χ2v) is 4.99. The Balaban J connectivity index is 2.08. The van der Waals surface area contributed by atoms with Crippen molar-refractivity contribution in [2.45, 2.75) is 13.5 Å². The van der Waals surface area contributed by atoms with Gasteiger partial charge in [-0.15, -0.1) is 0 Å². The molecule has 0 saturated carbocycles. The third kappa shape index (κ3) is 2.38. The molecule has 2 N–H and O–H groups in total. The van der Waals surface area contributed by atoms with Gasteiger partial charge in [0.25, 0.3) is 5.91 Å². The standard InChI is InChI=1S/C16H14FN3O/c1-10-7-11(4-5-13(10)17)8-20-9-12(16(18)21)15-14(20)3-2-6-19-15/h2-7,9H,8H2,1H3,(H2,18,21). The molecule has 0 atom stereocenters. The molecule has 4 nitrogen and oxygen atoms in total. The lowest BCUT2D eigenvalue weighted by atomic mass is 10.1. The van der Waals surface area contributed by atoms with Crippen molar-refractivity contribution in [1.29, 1.82) is 0 Å². The minimum Gasteiger partial charge on any atom is -0.365 e. The van der Waals surface area contributed by atoms with Crippen LogP contribution in [0, 0.1) is 12.7 Å². The molecule has 21 heavy (non-hydrogen) atoms. The summed E-state index contributed by atoms with van der Waals surface area (Å²) in [5.41, 5.74) is 8.74. The lowest BCUT2D eigenvalue weighted by Crippen LogP contribution is -2.10. The van der Waals surface area contributed by atoms with E-state index < -0.39 is 5.91 Å². The van der Waals surface area contributed by atoms with Gasteiger partial charge in [0.1, 0.15) is 11.3 Å². The average Bonchev–Trinajstić information content (AvgIpc) is 2.82. The molecule has 0 bridgehead atoms. The first-order valence-electron chi connectivity index (χ1n) is 6.55. The fraction of sp³-hybridized carbons (Fsp3) is 0.125. The maximum absolute atomic E-state index is 13.3. The molecule has 0 aliphatic heterocycles. The molecule has 0 aliphatic rings. The van der Waals surface area contributed by atoms with E-state index in [4.69, 9.17) is 5.73 Å². The van der Waals surface area contributed by atoms with Gasteiger partial charge >= 0.3 is 0 Å². The van der Waals surface area contributed by atoms with Crippen LogP contribution in [0.1, 0.15) is 21.5 Å². The summed E-state index contributed by atoms with van der Waals surface area (Å²) >= 11 is 0. The molecular formula is C16H14FN3O. The van der Waals surface area contributed by atoms with Crippen molar-refractivity contribution in [1.82, 2.24) is 9.55 Å². The highest BCUT2D eigenvalue weighted by Gasteiger charge is 2.13. The Hall–Kier alpha value is -2.69. The second-order valence-electron chi connectivity index (χ2n) is 4.99. The normalized spacial score (nSPS) is 11.0. The molecule has 0 saturated heterocycles. The van der Waals surface area contributed by atoms with E-state index in [0.29, 0.717) is 23.2 Å². The number of halogens is 1. The Kier molecular flexibility index (Phi) is 3.17. The maximum Gasteiger partial charge on any atom is 0.252 e. The molecule has 0 unspecified atom stereocenters. The van der Waals surface area contributed by atoms with Gasteiger partial charge in [0.15, 0.2) is 0 Å². The zero-order chi connectivity index (χ0) is 15.0.